The first-order valence-electron chi connectivity index (χ1n) is 9.85. The van der Waals surface area contributed by atoms with E-state index in [0.717, 1.165) is 12.1 Å². The molecule has 0 saturated carbocycles. The highest BCUT2D eigenvalue weighted by atomic mass is 35.5. The van der Waals surface area contributed by atoms with E-state index in [1.165, 1.54) is 12.3 Å². The van der Waals surface area contributed by atoms with E-state index in [1.807, 2.05) is 6.92 Å². The first-order chi connectivity index (χ1) is 14.6. The van der Waals surface area contributed by atoms with Crippen molar-refractivity contribution in [1.29, 1.82) is 0 Å². The molecule has 0 bridgehead atoms. The highest BCUT2D eigenvalue weighted by molar-refractivity contribution is 6.33. The number of rotatable bonds is 8. The summed E-state index contributed by atoms with van der Waals surface area (Å²) in [4.78, 5) is 24.2. The number of nitrogens with zero attached hydrogens (tertiary/aromatic N) is 3. The van der Waals surface area contributed by atoms with E-state index in [9.17, 15) is 23.8 Å². The number of aliphatic hydroxyl groups is 1. The fraction of sp³-hybridized carbons (Fsp3) is 0.429. The van der Waals surface area contributed by atoms with Gasteiger partial charge in [0.25, 0.3) is 5.85 Å². The highest BCUT2D eigenvalue weighted by Gasteiger charge is 2.39. The van der Waals surface area contributed by atoms with Crippen molar-refractivity contribution in [3.63, 3.8) is 0 Å². The number of pyridine rings is 1. The maximum absolute atomic E-state index is 13.8. The molecule has 0 fully saturated rings. The number of aromatic nitrogens is 1. The van der Waals surface area contributed by atoms with Gasteiger partial charge in [-0.25, -0.2) is 23.7 Å². The lowest BCUT2D eigenvalue weighted by Gasteiger charge is -2.28. The van der Waals surface area contributed by atoms with Crippen LogP contribution in [0.3, 0.4) is 0 Å². The molecule has 0 radical (unpaired) electrons. The fourth-order valence-corrected chi connectivity index (χ4v) is 3.79. The number of nitrogens with one attached hydrogen (secondary N) is 1. The Balaban J connectivity index is 2.01. The lowest BCUT2D eigenvalue weighted by molar-refractivity contribution is -0.140. The minimum Gasteiger partial charge on any atom is -0.480 e. The second-order valence-electron chi connectivity index (χ2n) is 7.77. The number of hydrogen-bond acceptors (Lipinski definition) is 6. The molecule has 0 amide bonds. The molecule has 3 rings (SSSR count). The van der Waals surface area contributed by atoms with Crippen LogP contribution in [0.1, 0.15) is 27.2 Å². The fourth-order valence-electron chi connectivity index (χ4n) is 3.54. The van der Waals surface area contributed by atoms with Crippen LogP contribution in [0.15, 0.2) is 34.4 Å². The van der Waals surface area contributed by atoms with E-state index in [2.05, 4.69) is 20.3 Å². The van der Waals surface area contributed by atoms with Gasteiger partial charge >= 0.3 is 5.97 Å². The first kappa shape index (κ1) is 23.2. The van der Waals surface area contributed by atoms with E-state index >= 15 is 0 Å². The Morgan fingerprint density at radius 2 is 1.97 bits per heavy atom. The highest BCUT2D eigenvalue weighted by Crippen LogP contribution is 2.29. The molecule has 2 heterocycles. The number of aliphatic carboxylic acids is 1. The average molecular weight is 453 g/mol. The summed E-state index contributed by atoms with van der Waals surface area (Å²) in [5, 5.41) is 23.8. The Labute approximate surface area is 182 Å². The van der Waals surface area contributed by atoms with Crippen LogP contribution in [-0.4, -0.2) is 39.6 Å². The standard InChI is InChI=1S/C21H23ClF2N4O3/c1-4-12(8-25-17(10(2)3)20(29)30)21(31)27-18-16(13(22)9-26-19(18)28-21)11-5-6-14(23)15(24)7-11/h5-7,9-10,12,17,25,31H,4,8H2,1-3H3,(H,29,30)/t12?,17-,21?/m0/s1. The van der Waals surface area contributed by atoms with Crippen molar-refractivity contribution in [2.24, 2.45) is 21.8 Å². The van der Waals surface area contributed by atoms with E-state index in [0.29, 0.717) is 6.42 Å². The predicted octanol–water partition coefficient (Wildman–Crippen LogP) is 2.30. The summed E-state index contributed by atoms with van der Waals surface area (Å²) >= 11 is 6.27. The van der Waals surface area contributed by atoms with Crippen LogP contribution >= 0.6 is 11.6 Å². The molecule has 1 aromatic carbocycles. The number of carboxylic acids is 1. The molecule has 166 valence electrons. The van der Waals surface area contributed by atoms with Gasteiger partial charge in [-0.3, -0.25) is 4.79 Å². The molecule has 1 aromatic heterocycles. The maximum Gasteiger partial charge on any atom is 0.320 e. The van der Waals surface area contributed by atoms with Crippen molar-refractivity contribution >= 4 is 17.6 Å². The third kappa shape index (κ3) is 4.58. The van der Waals surface area contributed by atoms with E-state index in [4.69, 9.17) is 11.6 Å². The lowest BCUT2D eigenvalue weighted by Crippen LogP contribution is -2.47. The zero-order valence-electron chi connectivity index (χ0n) is 17.2. The largest absolute Gasteiger partial charge is 0.480 e. The molecule has 0 saturated heterocycles. The molecule has 7 nitrogen and oxygen atoms in total. The number of carboxylic acid groups (broad SMARTS) is 1. The summed E-state index contributed by atoms with van der Waals surface area (Å²) in [5.74, 6) is -5.68. The second-order valence-corrected chi connectivity index (χ2v) is 8.17. The van der Waals surface area contributed by atoms with Crippen molar-refractivity contribution in [2.75, 3.05) is 6.54 Å². The number of hydrogen-bond donors (Lipinski definition) is 3. The normalized spacial score (nSPS) is 19.5. The zero-order chi connectivity index (χ0) is 22.9. The lowest BCUT2D eigenvalue weighted by atomic mass is 9.98. The van der Waals surface area contributed by atoms with Gasteiger partial charge in [0.05, 0.1) is 5.02 Å². The Hall–Kier alpha value is -2.49. The Morgan fingerprint density at radius 3 is 2.55 bits per heavy atom. The molecule has 1 aliphatic rings. The molecule has 2 unspecified atom stereocenters. The molecule has 0 spiro atoms. The van der Waals surface area contributed by atoms with Gasteiger partial charge in [-0.15, -0.1) is 0 Å². The summed E-state index contributed by atoms with van der Waals surface area (Å²) in [6, 6.07) is 2.52. The van der Waals surface area contributed by atoms with Crippen molar-refractivity contribution in [3.05, 3.63) is 51.9 Å². The Morgan fingerprint density at radius 1 is 1.26 bits per heavy atom. The molecule has 0 aliphatic carbocycles. The van der Waals surface area contributed by atoms with Gasteiger partial charge in [0.15, 0.2) is 17.1 Å². The Bertz CT molecular complexity index is 1130. The van der Waals surface area contributed by atoms with E-state index in [-0.39, 0.29) is 39.5 Å². The van der Waals surface area contributed by atoms with Crippen molar-refractivity contribution in [3.8, 4) is 11.1 Å². The van der Waals surface area contributed by atoms with Crippen LogP contribution in [-0.2, 0) is 4.79 Å². The molecule has 3 N–H and O–H groups in total. The molecule has 3 atom stereocenters. The summed E-state index contributed by atoms with van der Waals surface area (Å²) in [6.07, 6.45) is 1.74. The maximum atomic E-state index is 13.8. The van der Waals surface area contributed by atoms with Crippen LogP contribution in [0.5, 0.6) is 0 Å². The van der Waals surface area contributed by atoms with Gasteiger partial charge in [-0.05, 0) is 30.0 Å². The Kier molecular flexibility index (Phi) is 6.68. The molecular weight excluding hydrogens is 430 g/mol. The smallest absolute Gasteiger partial charge is 0.320 e. The summed E-state index contributed by atoms with van der Waals surface area (Å²) < 4.78 is 27.2. The molecule has 31 heavy (non-hydrogen) atoms. The molecule has 2 aromatic rings. The molecule has 1 aliphatic heterocycles. The third-order valence-electron chi connectivity index (χ3n) is 5.30. The topological polar surface area (TPSA) is 107 Å². The third-order valence-corrected chi connectivity index (χ3v) is 5.59. The van der Waals surface area contributed by atoms with Gasteiger partial charge in [0, 0.05) is 24.2 Å². The summed E-state index contributed by atoms with van der Waals surface area (Å²) in [6.45, 7) is 5.51. The molecular formula is C21H23ClF2N4O3. The number of fused-ring (bicyclic) bond motifs is 1. The van der Waals surface area contributed by atoms with Crippen molar-refractivity contribution < 1.29 is 23.8 Å². The predicted molar refractivity (Wildman–Crippen MR) is 110 cm³/mol. The number of benzene rings is 1. The number of carbonyl (C=O) groups is 1. The minimum absolute atomic E-state index is 0.115. The monoisotopic (exact) mass is 452 g/mol. The van der Waals surface area contributed by atoms with Gasteiger partial charge in [-0.1, -0.05) is 38.4 Å². The first-order valence-corrected chi connectivity index (χ1v) is 10.2. The minimum atomic E-state index is -1.91. The molecule has 10 heteroatoms. The van der Waals surface area contributed by atoms with Gasteiger partial charge in [0.1, 0.15) is 11.4 Å². The second kappa shape index (κ2) is 8.94. The van der Waals surface area contributed by atoms with Gasteiger partial charge in [0.2, 0.25) is 0 Å². The van der Waals surface area contributed by atoms with E-state index in [1.54, 1.807) is 13.8 Å². The summed E-state index contributed by atoms with van der Waals surface area (Å²) in [7, 11) is 0. The van der Waals surface area contributed by atoms with Crippen LogP contribution in [0.2, 0.25) is 5.02 Å². The average Bonchev–Trinajstić information content (AvgIpc) is 3.04. The van der Waals surface area contributed by atoms with Crippen LogP contribution in [0, 0.1) is 23.5 Å². The van der Waals surface area contributed by atoms with Crippen molar-refractivity contribution in [1.82, 2.24) is 10.3 Å². The number of halogens is 3. The van der Waals surface area contributed by atoms with Crippen LogP contribution < -0.4 is 16.2 Å². The summed E-state index contributed by atoms with van der Waals surface area (Å²) in [5.41, 5.74) is 0.657. The van der Waals surface area contributed by atoms with E-state index < -0.39 is 35.4 Å². The van der Waals surface area contributed by atoms with Crippen LogP contribution in [0.25, 0.3) is 11.1 Å². The van der Waals surface area contributed by atoms with Crippen molar-refractivity contribution in [2.45, 2.75) is 39.1 Å². The SMILES string of the molecule is CCC(CN[C@H](C(=O)O)C(C)C)C1(O)N=c2ncc(Cl)c(-c3ccc(F)c(F)c3)c2=N1. The van der Waals surface area contributed by atoms with Gasteiger partial charge in [-0.2, -0.15) is 0 Å². The zero-order valence-corrected chi connectivity index (χ0v) is 18.0. The van der Waals surface area contributed by atoms with Crippen LogP contribution in [0.4, 0.5) is 8.78 Å². The quantitative estimate of drug-likeness (QED) is 0.569. The van der Waals surface area contributed by atoms with Gasteiger partial charge < -0.3 is 15.5 Å².